The number of carbonyl (C=O) groups is 4. The van der Waals surface area contributed by atoms with Gasteiger partial charge in [0.05, 0.1) is 17.2 Å². The molecule has 0 aliphatic carbocycles. The van der Waals surface area contributed by atoms with E-state index in [4.69, 9.17) is 4.74 Å². The van der Waals surface area contributed by atoms with Crippen molar-refractivity contribution in [3.05, 3.63) is 35.4 Å². The summed E-state index contributed by atoms with van der Waals surface area (Å²) in [7, 11) is 0. The summed E-state index contributed by atoms with van der Waals surface area (Å²) in [5, 5.41) is 0. The van der Waals surface area contributed by atoms with E-state index in [1.54, 1.807) is 45.0 Å². The highest BCUT2D eigenvalue weighted by Crippen LogP contribution is 2.25. The van der Waals surface area contributed by atoms with E-state index in [2.05, 4.69) is 0 Å². The van der Waals surface area contributed by atoms with Crippen molar-refractivity contribution in [1.82, 2.24) is 4.90 Å². The SMILES string of the molecule is CC(C(=O)CC(=O)OC(C)(C)C)N1C(=O)c2ccccc2C1=O. The summed E-state index contributed by atoms with van der Waals surface area (Å²) in [6, 6.07) is 5.37. The van der Waals surface area contributed by atoms with Crippen molar-refractivity contribution in [2.75, 3.05) is 0 Å². The van der Waals surface area contributed by atoms with E-state index in [9.17, 15) is 19.2 Å². The lowest BCUT2D eigenvalue weighted by atomic mass is 10.1. The number of amides is 2. The molecule has 2 amide bonds. The molecule has 0 radical (unpaired) electrons. The number of Topliss-reactive ketones (excluding diaryl/α,β-unsaturated/α-hetero) is 1. The largest absolute Gasteiger partial charge is 0.460 e. The first-order chi connectivity index (χ1) is 10.6. The quantitative estimate of drug-likeness (QED) is 0.482. The number of carbonyl (C=O) groups excluding carboxylic acids is 4. The molecule has 1 aromatic rings. The van der Waals surface area contributed by atoms with Gasteiger partial charge in [-0.25, -0.2) is 0 Å². The van der Waals surface area contributed by atoms with Gasteiger partial charge < -0.3 is 4.74 Å². The number of fused-ring (bicyclic) bond motifs is 1. The molecule has 1 atom stereocenters. The van der Waals surface area contributed by atoms with Crippen molar-refractivity contribution in [3.63, 3.8) is 0 Å². The minimum Gasteiger partial charge on any atom is -0.460 e. The van der Waals surface area contributed by atoms with E-state index in [0.717, 1.165) is 4.90 Å². The summed E-state index contributed by atoms with van der Waals surface area (Å²) in [6.45, 7) is 6.53. The van der Waals surface area contributed by atoms with E-state index < -0.39 is 41.6 Å². The van der Waals surface area contributed by atoms with Crippen LogP contribution in [0.5, 0.6) is 0 Å². The molecule has 122 valence electrons. The Morgan fingerprint density at radius 3 is 2.00 bits per heavy atom. The van der Waals surface area contributed by atoms with Gasteiger partial charge in [0.15, 0.2) is 5.78 Å². The third-order valence-electron chi connectivity index (χ3n) is 3.42. The highest BCUT2D eigenvalue weighted by atomic mass is 16.6. The van der Waals surface area contributed by atoms with Gasteiger partial charge in [0.2, 0.25) is 0 Å². The first kappa shape index (κ1) is 16.9. The van der Waals surface area contributed by atoms with Gasteiger partial charge in [0.25, 0.3) is 11.8 Å². The Morgan fingerprint density at radius 2 is 1.57 bits per heavy atom. The van der Waals surface area contributed by atoms with Gasteiger partial charge in [-0.3, -0.25) is 24.1 Å². The van der Waals surface area contributed by atoms with Gasteiger partial charge in [0.1, 0.15) is 12.0 Å². The molecule has 0 N–H and O–H groups in total. The average Bonchev–Trinajstić information content (AvgIpc) is 2.68. The molecule has 0 fully saturated rings. The maximum absolute atomic E-state index is 12.3. The van der Waals surface area contributed by atoms with E-state index >= 15 is 0 Å². The maximum atomic E-state index is 12.3. The van der Waals surface area contributed by atoms with Crippen LogP contribution in [-0.4, -0.2) is 40.1 Å². The maximum Gasteiger partial charge on any atom is 0.313 e. The molecule has 0 aromatic heterocycles. The Hall–Kier alpha value is -2.50. The van der Waals surface area contributed by atoms with E-state index in [1.165, 1.54) is 6.92 Å². The molecule has 23 heavy (non-hydrogen) atoms. The highest BCUT2D eigenvalue weighted by Gasteiger charge is 2.40. The van der Waals surface area contributed by atoms with Crippen LogP contribution in [0.15, 0.2) is 24.3 Å². The average molecular weight is 317 g/mol. The predicted octanol–water partition coefficient (Wildman–Crippen LogP) is 1.97. The molecular weight excluding hydrogens is 298 g/mol. The van der Waals surface area contributed by atoms with Gasteiger partial charge in [-0.2, -0.15) is 0 Å². The van der Waals surface area contributed by atoms with E-state index in [0.29, 0.717) is 0 Å². The number of imide groups is 1. The van der Waals surface area contributed by atoms with Gasteiger partial charge in [-0.1, -0.05) is 12.1 Å². The van der Waals surface area contributed by atoms with Crippen molar-refractivity contribution in [2.24, 2.45) is 0 Å². The minimum atomic E-state index is -1.02. The molecule has 1 heterocycles. The molecule has 0 saturated carbocycles. The Morgan fingerprint density at radius 1 is 1.09 bits per heavy atom. The molecule has 0 saturated heterocycles. The molecule has 2 rings (SSSR count). The predicted molar refractivity (Wildman–Crippen MR) is 81.9 cm³/mol. The molecule has 1 aliphatic heterocycles. The zero-order valence-electron chi connectivity index (χ0n) is 13.6. The summed E-state index contributed by atoms with van der Waals surface area (Å²) >= 11 is 0. The molecule has 6 nitrogen and oxygen atoms in total. The fourth-order valence-electron chi connectivity index (χ4n) is 2.37. The van der Waals surface area contributed by atoms with Crippen LogP contribution < -0.4 is 0 Å². The molecular formula is C17H19NO5. The van der Waals surface area contributed by atoms with Crippen LogP contribution in [0.2, 0.25) is 0 Å². The number of nitrogens with zero attached hydrogens (tertiary/aromatic N) is 1. The fourth-order valence-corrected chi connectivity index (χ4v) is 2.37. The molecule has 1 aromatic carbocycles. The molecule has 1 unspecified atom stereocenters. The van der Waals surface area contributed by atoms with Gasteiger partial charge in [0, 0.05) is 0 Å². The highest BCUT2D eigenvalue weighted by molar-refractivity contribution is 6.23. The lowest BCUT2D eigenvalue weighted by Gasteiger charge is -2.23. The van der Waals surface area contributed by atoms with Crippen LogP contribution >= 0.6 is 0 Å². The van der Waals surface area contributed by atoms with Crippen molar-refractivity contribution in [3.8, 4) is 0 Å². The number of benzene rings is 1. The summed E-state index contributed by atoms with van der Waals surface area (Å²) in [4.78, 5) is 49.5. The second-order valence-corrected chi connectivity index (χ2v) is 6.43. The third kappa shape index (κ3) is 3.47. The summed E-state index contributed by atoms with van der Waals surface area (Å²) in [5.41, 5.74) is -0.153. The van der Waals surface area contributed by atoms with Gasteiger partial charge >= 0.3 is 5.97 Å². The second-order valence-electron chi connectivity index (χ2n) is 6.43. The Labute approximate surface area is 134 Å². The Kier molecular flexibility index (Phi) is 4.36. The van der Waals surface area contributed by atoms with Crippen LogP contribution in [0, 0.1) is 0 Å². The lowest BCUT2D eigenvalue weighted by Crippen LogP contribution is -2.43. The van der Waals surface area contributed by atoms with Gasteiger partial charge in [-0.05, 0) is 39.8 Å². The minimum absolute atomic E-state index is 0.273. The normalized spacial score (nSPS) is 15.4. The van der Waals surface area contributed by atoms with Crippen LogP contribution in [0.4, 0.5) is 0 Å². The summed E-state index contributed by atoms with van der Waals surface area (Å²) in [5.74, 6) is -2.24. The number of ketones is 1. The van der Waals surface area contributed by atoms with Gasteiger partial charge in [-0.15, -0.1) is 0 Å². The smallest absolute Gasteiger partial charge is 0.313 e. The zero-order chi connectivity index (χ0) is 17.4. The first-order valence-corrected chi connectivity index (χ1v) is 7.33. The summed E-state index contributed by atoms with van der Waals surface area (Å²) < 4.78 is 5.09. The van der Waals surface area contributed by atoms with Crippen molar-refractivity contribution in [2.45, 2.75) is 45.8 Å². The van der Waals surface area contributed by atoms with E-state index in [1.807, 2.05) is 0 Å². The Balaban J connectivity index is 2.11. The van der Waals surface area contributed by atoms with Crippen LogP contribution in [0.3, 0.4) is 0 Å². The van der Waals surface area contributed by atoms with Crippen molar-refractivity contribution in [1.29, 1.82) is 0 Å². The van der Waals surface area contributed by atoms with Crippen molar-refractivity contribution < 1.29 is 23.9 Å². The number of hydrogen-bond acceptors (Lipinski definition) is 5. The standard InChI is InChI=1S/C17H19NO5/c1-10(13(19)9-14(20)23-17(2,3)4)18-15(21)11-7-5-6-8-12(11)16(18)22/h5-8,10H,9H2,1-4H3. The number of ether oxygens (including phenoxy) is 1. The third-order valence-corrected chi connectivity index (χ3v) is 3.42. The molecule has 6 heteroatoms. The molecule has 1 aliphatic rings. The van der Waals surface area contributed by atoms with Crippen molar-refractivity contribution >= 4 is 23.6 Å². The second kappa shape index (κ2) is 5.95. The molecule has 0 bridgehead atoms. The summed E-state index contributed by atoms with van der Waals surface area (Å²) in [6.07, 6.45) is -0.480. The van der Waals surface area contributed by atoms with Crippen LogP contribution in [-0.2, 0) is 14.3 Å². The fraction of sp³-hybridized carbons (Fsp3) is 0.412. The zero-order valence-corrected chi connectivity index (χ0v) is 13.6. The topological polar surface area (TPSA) is 80.8 Å². The first-order valence-electron chi connectivity index (χ1n) is 7.33. The molecule has 0 spiro atoms. The van der Waals surface area contributed by atoms with Crippen LogP contribution in [0.25, 0.3) is 0 Å². The number of esters is 1. The Bertz CT molecular complexity index is 651. The lowest BCUT2D eigenvalue weighted by molar-refractivity contribution is -0.156. The number of rotatable bonds is 4. The van der Waals surface area contributed by atoms with E-state index in [-0.39, 0.29) is 11.1 Å². The monoisotopic (exact) mass is 317 g/mol. The van der Waals surface area contributed by atoms with Crippen LogP contribution in [0.1, 0.15) is 54.8 Å². The number of hydrogen-bond donors (Lipinski definition) is 0.